The van der Waals surface area contributed by atoms with Crippen LogP contribution in [0.4, 0.5) is 0 Å². The molecule has 0 saturated heterocycles. The summed E-state index contributed by atoms with van der Waals surface area (Å²) >= 11 is 0. The molecule has 0 fully saturated rings. The molecule has 0 aromatic carbocycles. The van der Waals surface area contributed by atoms with Gasteiger partial charge in [-0.15, -0.1) is 0 Å². The maximum atomic E-state index is 5.87. The van der Waals surface area contributed by atoms with Crippen molar-refractivity contribution in [1.82, 2.24) is 15.1 Å². The Hall–Kier alpha value is -0.870. The zero-order valence-electron chi connectivity index (χ0n) is 13.1. The number of likely N-dealkylation sites (N-methyl/N-ethyl adjacent to an activating group) is 1. The predicted octanol–water partition coefficient (Wildman–Crippen LogP) is 2.55. The summed E-state index contributed by atoms with van der Waals surface area (Å²) in [5.41, 5.74) is 2.39. The van der Waals surface area contributed by atoms with E-state index in [1.807, 2.05) is 0 Å². The van der Waals surface area contributed by atoms with Gasteiger partial charge in [-0.2, -0.15) is 5.10 Å². The fourth-order valence-corrected chi connectivity index (χ4v) is 2.59. The second-order valence-corrected chi connectivity index (χ2v) is 4.86. The van der Waals surface area contributed by atoms with Crippen LogP contribution in [0.1, 0.15) is 45.5 Å². The van der Waals surface area contributed by atoms with E-state index in [4.69, 9.17) is 4.74 Å². The van der Waals surface area contributed by atoms with Gasteiger partial charge in [0.1, 0.15) is 0 Å². The molecule has 0 bridgehead atoms. The maximum Gasteiger partial charge on any atom is 0.0729 e. The van der Waals surface area contributed by atoms with Gasteiger partial charge >= 0.3 is 0 Å². The summed E-state index contributed by atoms with van der Waals surface area (Å²) in [4.78, 5) is 0. The average Bonchev–Trinajstić information content (AvgIpc) is 2.75. The number of nitrogens with one attached hydrogen (secondary N) is 1. The zero-order valence-corrected chi connectivity index (χ0v) is 13.1. The number of hydrogen-bond acceptors (Lipinski definition) is 3. The van der Waals surface area contributed by atoms with Crippen LogP contribution < -0.4 is 5.32 Å². The van der Waals surface area contributed by atoms with Crippen LogP contribution in [-0.2, 0) is 17.7 Å². The summed E-state index contributed by atoms with van der Waals surface area (Å²) in [6.07, 6.45) is 2.27. The fourth-order valence-electron chi connectivity index (χ4n) is 2.59. The Balaban J connectivity index is 2.81. The Kier molecular flexibility index (Phi) is 7.10. The van der Waals surface area contributed by atoms with Crippen molar-refractivity contribution in [3.8, 4) is 0 Å². The fraction of sp³-hybridized carbons (Fsp3) is 0.800. The van der Waals surface area contributed by atoms with Crippen molar-refractivity contribution < 1.29 is 4.74 Å². The van der Waals surface area contributed by atoms with E-state index >= 15 is 0 Å². The van der Waals surface area contributed by atoms with Crippen molar-refractivity contribution in [3.63, 3.8) is 0 Å². The molecule has 0 amide bonds. The molecular weight excluding hydrogens is 238 g/mol. The number of aromatic nitrogens is 2. The second kappa shape index (κ2) is 8.33. The summed E-state index contributed by atoms with van der Waals surface area (Å²) < 4.78 is 7.96. The molecule has 0 aliphatic rings. The van der Waals surface area contributed by atoms with Crippen LogP contribution in [0.15, 0.2) is 6.07 Å². The normalized spacial score (nSPS) is 14.6. The topological polar surface area (TPSA) is 39.1 Å². The van der Waals surface area contributed by atoms with Crippen LogP contribution in [0.3, 0.4) is 0 Å². The molecule has 1 aromatic heterocycles. The summed E-state index contributed by atoms with van der Waals surface area (Å²) in [5.74, 6) is 0. The van der Waals surface area contributed by atoms with Gasteiger partial charge in [0.15, 0.2) is 0 Å². The molecule has 4 heteroatoms. The minimum atomic E-state index is 0.269. The lowest BCUT2D eigenvalue weighted by atomic mass is 10.0. The third-order valence-electron chi connectivity index (χ3n) is 3.41. The van der Waals surface area contributed by atoms with E-state index < -0.39 is 0 Å². The van der Waals surface area contributed by atoms with E-state index in [0.29, 0.717) is 6.04 Å². The molecule has 19 heavy (non-hydrogen) atoms. The smallest absolute Gasteiger partial charge is 0.0729 e. The summed E-state index contributed by atoms with van der Waals surface area (Å²) in [6.45, 7) is 13.2. The first-order valence-corrected chi connectivity index (χ1v) is 7.54. The van der Waals surface area contributed by atoms with Gasteiger partial charge in [0, 0.05) is 31.3 Å². The Labute approximate surface area is 117 Å². The van der Waals surface area contributed by atoms with E-state index in [9.17, 15) is 0 Å². The molecule has 2 atom stereocenters. The molecule has 0 aliphatic carbocycles. The Bertz CT molecular complexity index is 362. The largest absolute Gasteiger partial charge is 0.377 e. The van der Waals surface area contributed by atoms with Crippen LogP contribution in [0.2, 0.25) is 0 Å². The molecule has 2 unspecified atom stereocenters. The van der Waals surface area contributed by atoms with Gasteiger partial charge in [0.05, 0.1) is 11.8 Å². The molecule has 1 rings (SSSR count). The molecule has 1 aromatic rings. The first-order valence-electron chi connectivity index (χ1n) is 7.54. The molecule has 0 radical (unpaired) electrons. The van der Waals surface area contributed by atoms with Gasteiger partial charge in [-0.25, -0.2) is 0 Å². The number of aryl methyl sites for hydroxylation is 2. The Morgan fingerprint density at radius 1 is 1.32 bits per heavy atom. The predicted molar refractivity (Wildman–Crippen MR) is 79.5 cm³/mol. The van der Waals surface area contributed by atoms with Crippen molar-refractivity contribution in [2.24, 2.45) is 0 Å². The van der Waals surface area contributed by atoms with Crippen LogP contribution in [0.5, 0.6) is 0 Å². The van der Waals surface area contributed by atoms with E-state index in [1.54, 1.807) is 0 Å². The molecule has 1 N–H and O–H groups in total. The number of rotatable bonds is 9. The van der Waals surface area contributed by atoms with Crippen molar-refractivity contribution in [1.29, 1.82) is 0 Å². The molecule has 1 heterocycles. The first kappa shape index (κ1) is 16.2. The van der Waals surface area contributed by atoms with Crippen molar-refractivity contribution >= 4 is 0 Å². The SMILES string of the molecule is CCNC(Cc1cc(C)nn1CC)C(CC)OCC. The summed E-state index contributed by atoms with van der Waals surface area (Å²) in [6, 6.07) is 2.54. The van der Waals surface area contributed by atoms with Crippen LogP contribution in [0.25, 0.3) is 0 Å². The van der Waals surface area contributed by atoms with Crippen molar-refractivity contribution in [2.75, 3.05) is 13.2 Å². The Morgan fingerprint density at radius 2 is 2.05 bits per heavy atom. The van der Waals surface area contributed by atoms with Gasteiger partial charge in [-0.3, -0.25) is 4.68 Å². The summed E-state index contributed by atoms with van der Waals surface area (Å²) in [5, 5.41) is 8.08. The van der Waals surface area contributed by atoms with E-state index in [0.717, 1.165) is 38.2 Å². The minimum Gasteiger partial charge on any atom is -0.377 e. The van der Waals surface area contributed by atoms with Crippen LogP contribution >= 0.6 is 0 Å². The van der Waals surface area contributed by atoms with E-state index in [-0.39, 0.29) is 6.10 Å². The van der Waals surface area contributed by atoms with Gasteiger partial charge < -0.3 is 10.1 Å². The Morgan fingerprint density at radius 3 is 2.58 bits per heavy atom. The van der Waals surface area contributed by atoms with Crippen molar-refractivity contribution in [2.45, 2.75) is 66.2 Å². The molecule has 0 spiro atoms. The average molecular weight is 267 g/mol. The highest BCUT2D eigenvalue weighted by molar-refractivity contribution is 5.11. The third kappa shape index (κ3) is 4.62. The minimum absolute atomic E-state index is 0.269. The van der Waals surface area contributed by atoms with Gasteiger partial charge in [0.2, 0.25) is 0 Å². The highest BCUT2D eigenvalue weighted by Crippen LogP contribution is 2.13. The van der Waals surface area contributed by atoms with Gasteiger partial charge in [0.25, 0.3) is 0 Å². The summed E-state index contributed by atoms with van der Waals surface area (Å²) in [7, 11) is 0. The van der Waals surface area contributed by atoms with Crippen LogP contribution in [-0.4, -0.2) is 35.1 Å². The van der Waals surface area contributed by atoms with Crippen molar-refractivity contribution in [3.05, 3.63) is 17.5 Å². The highest BCUT2D eigenvalue weighted by atomic mass is 16.5. The van der Waals surface area contributed by atoms with Gasteiger partial charge in [-0.1, -0.05) is 13.8 Å². The number of ether oxygens (including phenoxy) is 1. The number of nitrogens with zero attached hydrogens (tertiary/aromatic N) is 2. The maximum absolute atomic E-state index is 5.87. The highest BCUT2D eigenvalue weighted by Gasteiger charge is 2.21. The van der Waals surface area contributed by atoms with Gasteiger partial charge in [-0.05, 0) is 39.8 Å². The van der Waals surface area contributed by atoms with E-state index in [1.165, 1.54) is 5.69 Å². The second-order valence-electron chi connectivity index (χ2n) is 4.86. The molecule has 0 saturated carbocycles. The first-order chi connectivity index (χ1) is 9.15. The lowest BCUT2D eigenvalue weighted by Gasteiger charge is -2.27. The molecule has 110 valence electrons. The zero-order chi connectivity index (χ0) is 14.3. The third-order valence-corrected chi connectivity index (χ3v) is 3.41. The van der Waals surface area contributed by atoms with Crippen LogP contribution in [0, 0.1) is 6.92 Å². The lowest BCUT2D eigenvalue weighted by Crippen LogP contribution is -2.43. The van der Waals surface area contributed by atoms with E-state index in [2.05, 4.69) is 55.8 Å². The lowest BCUT2D eigenvalue weighted by molar-refractivity contribution is 0.0318. The standard InChI is InChI=1S/C15H29N3O/c1-6-15(19-9-4)14(16-7-2)11-13-10-12(5)17-18(13)8-3/h10,14-16H,6-9,11H2,1-5H3. The molecule has 4 nitrogen and oxygen atoms in total. The number of hydrogen-bond donors (Lipinski definition) is 1. The molecular formula is C15H29N3O. The monoisotopic (exact) mass is 267 g/mol. The molecule has 0 aliphatic heterocycles. The quantitative estimate of drug-likeness (QED) is 0.747.